The first-order chi connectivity index (χ1) is 9.83. The van der Waals surface area contributed by atoms with Gasteiger partial charge in [-0.2, -0.15) is 0 Å². The fourth-order valence-corrected chi connectivity index (χ4v) is 2.23. The van der Waals surface area contributed by atoms with Gasteiger partial charge < -0.3 is 9.15 Å². The Hall–Kier alpha value is -2.01. The van der Waals surface area contributed by atoms with Crippen molar-refractivity contribution in [2.75, 3.05) is 13.2 Å². The van der Waals surface area contributed by atoms with E-state index in [1.54, 1.807) is 6.20 Å². The summed E-state index contributed by atoms with van der Waals surface area (Å²) < 4.78 is 11.1. The van der Waals surface area contributed by atoms with Gasteiger partial charge >= 0.3 is 0 Å². The molecule has 1 saturated heterocycles. The third-order valence-corrected chi connectivity index (χ3v) is 3.45. The maximum atomic E-state index is 5.68. The molecule has 1 atom stereocenters. The van der Waals surface area contributed by atoms with Crippen molar-refractivity contribution in [1.29, 1.82) is 0 Å². The smallest absolute Gasteiger partial charge is 0.240 e. The van der Waals surface area contributed by atoms with E-state index in [4.69, 9.17) is 9.15 Å². The van der Waals surface area contributed by atoms with Crippen molar-refractivity contribution in [2.24, 2.45) is 0 Å². The summed E-state index contributed by atoms with van der Waals surface area (Å²) in [7, 11) is 0. The molecule has 1 unspecified atom stereocenters. The van der Waals surface area contributed by atoms with Crippen LogP contribution in [0, 0.1) is 6.92 Å². The predicted molar refractivity (Wildman–Crippen MR) is 75.0 cm³/mol. The van der Waals surface area contributed by atoms with Crippen LogP contribution in [0.2, 0.25) is 0 Å². The molecule has 3 rings (SSSR count). The maximum absolute atomic E-state index is 5.68. The van der Waals surface area contributed by atoms with E-state index in [9.17, 15) is 0 Å². The van der Waals surface area contributed by atoms with Crippen LogP contribution in [0.5, 0.6) is 0 Å². The van der Waals surface area contributed by atoms with Crippen LogP contribution in [-0.2, 0) is 4.74 Å². The van der Waals surface area contributed by atoms with Crippen LogP contribution in [0.25, 0.3) is 12.2 Å². The Morgan fingerprint density at radius 1 is 1.30 bits per heavy atom. The van der Waals surface area contributed by atoms with Crippen molar-refractivity contribution < 1.29 is 9.15 Å². The molecule has 0 bridgehead atoms. The lowest BCUT2D eigenvalue weighted by molar-refractivity contribution is 0.0724. The number of rotatable bonds is 3. The van der Waals surface area contributed by atoms with Crippen LogP contribution in [-0.4, -0.2) is 28.4 Å². The Bertz CT molecular complexity index is 601. The first-order valence-electron chi connectivity index (χ1n) is 6.83. The number of nitrogens with zero attached hydrogens (tertiary/aromatic N) is 3. The van der Waals surface area contributed by atoms with Crippen LogP contribution in [0.4, 0.5) is 0 Å². The summed E-state index contributed by atoms with van der Waals surface area (Å²) in [6, 6.07) is 1.97. The number of ether oxygens (including phenoxy) is 1. The summed E-state index contributed by atoms with van der Waals surface area (Å²) in [6.45, 7) is 3.55. The third-order valence-electron chi connectivity index (χ3n) is 3.45. The molecule has 0 radical (unpaired) electrons. The van der Waals surface area contributed by atoms with Gasteiger partial charge in [0.05, 0.1) is 12.5 Å². The maximum Gasteiger partial charge on any atom is 0.240 e. The molecular weight excluding hydrogens is 254 g/mol. The van der Waals surface area contributed by atoms with Crippen LogP contribution in [0.1, 0.15) is 41.7 Å². The Labute approximate surface area is 117 Å². The summed E-state index contributed by atoms with van der Waals surface area (Å²) >= 11 is 0. The van der Waals surface area contributed by atoms with Gasteiger partial charge in [-0.05, 0) is 43.0 Å². The molecule has 1 aliphatic heterocycles. The molecule has 0 saturated carbocycles. The van der Waals surface area contributed by atoms with E-state index >= 15 is 0 Å². The Balaban J connectivity index is 1.72. The Morgan fingerprint density at radius 3 is 3.05 bits per heavy atom. The lowest BCUT2D eigenvalue weighted by Gasteiger charge is -2.18. The number of pyridine rings is 1. The van der Waals surface area contributed by atoms with E-state index < -0.39 is 0 Å². The number of aromatic nitrogens is 3. The molecule has 2 aromatic heterocycles. The molecule has 3 heterocycles. The molecular formula is C15H17N3O2. The molecule has 0 aromatic carbocycles. The van der Waals surface area contributed by atoms with E-state index in [2.05, 4.69) is 15.2 Å². The van der Waals surface area contributed by atoms with Crippen molar-refractivity contribution in [3.05, 3.63) is 41.4 Å². The van der Waals surface area contributed by atoms with Gasteiger partial charge in [0.1, 0.15) is 0 Å². The second kappa shape index (κ2) is 5.96. The highest BCUT2D eigenvalue weighted by Gasteiger charge is 2.21. The minimum atomic E-state index is 0.235. The van der Waals surface area contributed by atoms with E-state index in [1.807, 2.05) is 31.3 Å². The first-order valence-corrected chi connectivity index (χ1v) is 6.83. The van der Waals surface area contributed by atoms with Crippen molar-refractivity contribution >= 4 is 12.2 Å². The second-order valence-electron chi connectivity index (χ2n) is 4.96. The molecule has 1 fully saturated rings. The molecule has 0 amide bonds. The molecule has 0 aliphatic carbocycles. The largest absolute Gasteiger partial charge is 0.421 e. The van der Waals surface area contributed by atoms with Gasteiger partial charge in [0.25, 0.3) is 0 Å². The highest BCUT2D eigenvalue weighted by molar-refractivity contribution is 5.67. The average Bonchev–Trinajstić information content (AvgIpc) is 2.96. The quantitative estimate of drug-likeness (QED) is 0.859. The fourth-order valence-electron chi connectivity index (χ4n) is 2.23. The minimum Gasteiger partial charge on any atom is -0.421 e. The number of hydrogen-bond acceptors (Lipinski definition) is 5. The fraction of sp³-hybridized carbons (Fsp3) is 0.400. The summed E-state index contributed by atoms with van der Waals surface area (Å²) in [5, 5.41) is 8.17. The molecule has 20 heavy (non-hydrogen) atoms. The van der Waals surface area contributed by atoms with E-state index in [0.29, 0.717) is 18.4 Å². The van der Waals surface area contributed by atoms with Gasteiger partial charge in [-0.15, -0.1) is 10.2 Å². The summed E-state index contributed by atoms with van der Waals surface area (Å²) in [4.78, 5) is 4.10. The van der Waals surface area contributed by atoms with Crippen molar-refractivity contribution in [2.45, 2.75) is 25.7 Å². The van der Waals surface area contributed by atoms with Gasteiger partial charge in [0.2, 0.25) is 11.8 Å². The van der Waals surface area contributed by atoms with E-state index in [1.165, 1.54) is 0 Å². The van der Waals surface area contributed by atoms with Gasteiger partial charge in [0.15, 0.2) is 0 Å². The summed E-state index contributed by atoms with van der Waals surface area (Å²) in [5.74, 6) is 1.43. The lowest BCUT2D eigenvalue weighted by Crippen LogP contribution is -2.15. The standard InChI is InChI=1S/C15H17N3O2/c1-11-6-7-16-9-12(11)4-5-14-17-18-15(20-14)13-3-2-8-19-10-13/h4-7,9,13H,2-3,8,10H2,1H3/b5-4+. The van der Waals surface area contributed by atoms with Gasteiger partial charge in [0, 0.05) is 25.1 Å². The van der Waals surface area contributed by atoms with Gasteiger partial charge in [-0.3, -0.25) is 4.98 Å². The van der Waals surface area contributed by atoms with E-state index in [-0.39, 0.29) is 5.92 Å². The zero-order valence-electron chi connectivity index (χ0n) is 11.5. The van der Waals surface area contributed by atoms with Crippen molar-refractivity contribution in [1.82, 2.24) is 15.2 Å². The molecule has 5 nitrogen and oxygen atoms in total. The highest BCUT2D eigenvalue weighted by atomic mass is 16.5. The zero-order valence-corrected chi connectivity index (χ0v) is 11.5. The average molecular weight is 271 g/mol. The van der Waals surface area contributed by atoms with Crippen LogP contribution < -0.4 is 0 Å². The lowest BCUT2D eigenvalue weighted by atomic mass is 10.0. The van der Waals surface area contributed by atoms with Gasteiger partial charge in [-0.1, -0.05) is 0 Å². The normalized spacial score (nSPS) is 19.6. The van der Waals surface area contributed by atoms with E-state index in [0.717, 1.165) is 30.6 Å². The first kappa shape index (κ1) is 13.0. The second-order valence-corrected chi connectivity index (χ2v) is 4.96. The SMILES string of the molecule is Cc1ccncc1/C=C/c1nnc(C2CCCOC2)o1. The van der Waals surface area contributed by atoms with Crippen molar-refractivity contribution in [3.8, 4) is 0 Å². The van der Waals surface area contributed by atoms with Gasteiger partial charge in [-0.25, -0.2) is 0 Å². The van der Waals surface area contributed by atoms with Crippen LogP contribution in [0.15, 0.2) is 22.9 Å². The predicted octanol–water partition coefficient (Wildman–Crippen LogP) is 2.84. The molecule has 2 aromatic rings. The third kappa shape index (κ3) is 2.93. The number of hydrogen-bond donors (Lipinski definition) is 0. The summed E-state index contributed by atoms with van der Waals surface area (Å²) in [6.07, 6.45) is 9.46. The number of aryl methyl sites for hydroxylation is 1. The topological polar surface area (TPSA) is 61.0 Å². The molecule has 104 valence electrons. The monoisotopic (exact) mass is 271 g/mol. The highest BCUT2D eigenvalue weighted by Crippen LogP contribution is 2.24. The molecule has 0 N–H and O–H groups in total. The van der Waals surface area contributed by atoms with Crippen molar-refractivity contribution in [3.63, 3.8) is 0 Å². The summed E-state index contributed by atoms with van der Waals surface area (Å²) in [5.41, 5.74) is 2.21. The Kier molecular flexibility index (Phi) is 3.87. The Morgan fingerprint density at radius 2 is 2.25 bits per heavy atom. The minimum absolute atomic E-state index is 0.235. The zero-order chi connectivity index (χ0) is 13.8. The molecule has 1 aliphatic rings. The molecule has 0 spiro atoms. The van der Waals surface area contributed by atoms with Crippen LogP contribution in [0.3, 0.4) is 0 Å². The van der Waals surface area contributed by atoms with Crippen LogP contribution >= 0.6 is 0 Å². The molecule has 5 heteroatoms.